The van der Waals surface area contributed by atoms with Crippen molar-refractivity contribution in [1.82, 2.24) is 0 Å². The number of ether oxygens (including phenoxy) is 1. The van der Waals surface area contributed by atoms with Gasteiger partial charge < -0.3 is 4.74 Å². The minimum Gasteiger partial charge on any atom is -0.490 e. The van der Waals surface area contributed by atoms with Gasteiger partial charge in [-0.1, -0.05) is 36.0 Å². The van der Waals surface area contributed by atoms with Crippen LogP contribution < -0.4 is 0 Å². The summed E-state index contributed by atoms with van der Waals surface area (Å²) in [5.41, 5.74) is 2.70. The Bertz CT molecular complexity index is 429. The molecule has 0 saturated heterocycles. The minimum absolute atomic E-state index is 0.108. The van der Waals surface area contributed by atoms with E-state index in [1.807, 2.05) is 30.5 Å². The van der Waals surface area contributed by atoms with Crippen molar-refractivity contribution < 1.29 is 9.53 Å². The van der Waals surface area contributed by atoms with E-state index in [9.17, 15) is 4.79 Å². The van der Waals surface area contributed by atoms with Crippen LogP contribution in [-0.4, -0.2) is 19.1 Å². The Morgan fingerprint density at radius 1 is 1.40 bits per heavy atom. The Hall–Kier alpha value is -1.22. The highest BCUT2D eigenvalue weighted by molar-refractivity contribution is 8.02. The summed E-state index contributed by atoms with van der Waals surface area (Å²) >= 11 is 1.48. The number of carbonyl (C=O) groups is 1. The molecule has 0 unspecified atom stereocenters. The van der Waals surface area contributed by atoms with Crippen molar-refractivity contribution in [3.8, 4) is 0 Å². The van der Waals surface area contributed by atoms with Crippen LogP contribution in [0.4, 0.5) is 0 Å². The van der Waals surface area contributed by atoms with Gasteiger partial charge in [0.15, 0.2) is 10.9 Å². The molecule has 1 aromatic rings. The highest BCUT2D eigenvalue weighted by Crippen LogP contribution is 2.31. The summed E-state index contributed by atoms with van der Waals surface area (Å²) in [4.78, 5) is 12.0. The fourth-order valence-corrected chi connectivity index (χ4v) is 2.40. The number of rotatable bonds is 2. The molecule has 0 spiro atoms. The topological polar surface area (TPSA) is 26.3 Å². The van der Waals surface area contributed by atoms with E-state index in [1.54, 1.807) is 7.11 Å². The number of fused-ring (bicyclic) bond motifs is 1. The molecular weight excluding hydrogens is 208 g/mol. The van der Waals surface area contributed by atoms with Gasteiger partial charge in [0.25, 0.3) is 0 Å². The maximum Gasteiger partial charge on any atom is 0.193 e. The molecule has 2 nitrogen and oxygen atoms in total. The SMILES string of the molecule is COC(SC)=C1Cc2ccccc2C1=O. The smallest absolute Gasteiger partial charge is 0.193 e. The molecule has 1 aromatic carbocycles. The molecule has 0 bridgehead atoms. The third-order valence-electron chi connectivity index (χ3n) is 2.52. The highest BCUT2D eigenvalue weighted by atomic mass is 32.2. The van der Waals surface area contributed by atoms with E-state index < -0.39 is 0 Å². The molecule has 1 aliphatic rings. The number of benzene rings is 1. The number of thioether (sulfide) groups is 1. The second kappa shape index (κ2) is 4.11. The Kier molecular flexibility index (Phi) is 2.82. The van der Waals surface area contributed by atoms with Gasteiger partial charge in [-0.25, -0.2) is 0 Å². The first-order chi connectivity index (χ1) is 7.27. The zero-order chi connectivity index (χ0) is 10.8. The van der Waals surface area contributed by atoms with Crippen molar-refractivity contribution >= 4 is 17.5 Å². The van der Waals surface area contributed by atoms with E-state index in [0.29, 0.717) is 6.42 Å². The molecule has 0 aromatic heterocycles. The van der Waals surface area contributed by atoms with Gasteiger partial charge in [-0.05, 0) is 11.8 Å². The van der Waals surface area contributed by atoms with E-state index in [2.05, 4.69) is 0 Å². The molecule has 0 aliphatic heterocycles. The third-order valence-corrected chi connectivity index (χ3v) is 3.30. The molecule has 1 aliphatic carbocycles. The van der Waals surface area contributed by atoms with E-state index in [-0.39, 0.29) is 5.78 Å². The maximum atomic E-state index is 12.0. The van der Waals surface area contributed by atoms with Gasteiger partial charge in [-0.3, -0.25) is 4.79 Å². The van der Waals surface area contributed by atoms with Crippen LogP contribution in [0.15, 0.2) is 34.9 Å². The van der Waals surface area contributed by atoms with Gasteiger partial charge >= 0.3 is 0 Å². The molecular formula is C12H12O2S. The van der Waals surface area contributed by atoms with E-state index >= 15 is 0 Å². The Morgan fingerprint density at radius 3 is 2.73 bits per heavy atom. The second-order valence-corrected chi connectivity index (χ2v) is 4.12. The zero-order valence-corrected chi connectivity index (χ0v) is 9.56. The van der Waals surface area contributed by atoms with Crippen LogP contribution in [-0.2, 0) is 11.2 Å². The second-order valence-electron chi connectivity index (χ2n) is 3.34. The van der Waals surface area contributed by atoms with Crippen LogP contribution in [0.2, 0.25) is 0 Å². The average molecular weight is 220 g/mol. The van der Waals surface area contributed by atoms with Gasteiger partial charge in [-0.2, -0.15) is 0 Å². The standard InChI is InChI=1S/C12H12O2S/c1-14-12(15-2)10-7-8-5-3-4-6-9(8)11(10)13/h3-6H,7H2,1-2H3. The predicted octanol–water partition coefficient (Wildman–Crippen LogP) is 2.65. The Labute approximate surface area is 93.3 Å². The normalized spacial score (nSPS) is 17.6. The van der Waals surface area contributed by atoms with Crippen molar-refractivity contribution in [1.29, 1.82) is 0 Å². The van der Waals surface area contributed by atoms with Crippen LogP contribution in [0.3, 0.4) is 0 Å². The molecule has 78 valence electrons. The first-order valence-corrected chi connectivity index (χ1v) is 5.94. The molecule has 0 fully saturated rings. The molecule has 0 heterocycles. The predicted molar refractivity (Wildman–Crippen MR) is 62.0 cm³/mol. The number of carbonyl (C=O) groups excluding carboxylic acids is 1. The summed E-state index contributed by atoms with van der Waals surface area (Å²) in [6, 6.07) is 7.72. The van der Waals surface area contributed by atoms with Crippen LogP contribution >= 0.6 is 11.8 Å². The summed E-state index contributed by atoms with van der Waals surface area (Å²) in [5.74, 6) is 0.108. The molecule has 0 saturated carbocycles. The van der Waals surface area contributed by atoms with Gasteiger partial charge in [0.1, 0.15) is 0 Å². The van der Waals surface area contributed by atoms with Gasteiger partial charge in [0.2, 0.25) is 0 Å². The van der Waals surface area contributed by atoms with Crippen LogP contribution in [0.5, 0.6) is 0 Å². The fourth-order valence-electron chi connectivity index (χ4n) is 1.82. The largest absolute Gasteiger partial charge is 0.490 e. The summed E-state index contributed by atoms with van der Waals surface area (Å²) in [6.45, 7) is 0. The van der Waals surface area contributed by atoms with Crippen LogP contribution in [0.1, 0.15) is 15.9 Å². The summed E-state index contributed by atoms with van der Waals surface area (Å²) in [5, 5.41) is 0.733. The average Bonchev–Trinajstić information content (AvgIpc) is 2.60. The van der Waals surface area contributed by atoms with Crippen molar-refractivity contribution in [2.24, 2.45) is 0 Å². The summed E-state index contributed by atoms with van der Waals surface area (Å²) in [6.07, 6.45) is 2.61. The lowest BCUT2D eigenvalue weighted by molar-refractivity contribution is 0.103. The molecule has 0 atom stereocenters. The molecule has 0 N–H and O–H groups in total. The molecule has 3 heteroatoms. The first-order valence-electron chi connectivity index (χ1n) is 4.71. The van der Waals surface area contributed by atoms with Gasteiger partial charge in [0, 0.05) is 12.0 Å². The van der Waals surface area contributed by atoms with E-state index in [4.69, 9.17) is 4.74 Å². The van der Waals surface area contributed by atoms with Gasteiger partial charge in [0.05, 0.1) is 12.7 Å². The Balaban J connectivity index is 2.47. The Morgan fingerprint density at radius 2 is 2.13 bits per heavy atom. The number of hydrogen-bond donors (Lipinski definition) is 0. The van der Waals surface area contributed by atoms with Gasteiger partial charge in [-0.15, -0.1) is 0 Å². The number of allylic oxidation sites excluding steroid dienone is 1. The van der Waals surface area contributed by atoms with Crippen molar-refractivity contribution in [3.05, 3.63) is 46.1 Å². The molecule has 0 radical (unpaired) electrons. The first kappa shape index (κ1) is 10.3. The highest BCUT2D eigenvalue weighted by Gasteiger charge is 2.27. The summed E-state index contributed by atoms with van der Waals surface area (Å²) in [7, 11) is 1.61. The monoisotopic (exact) mass is 220 g/mol. The van der Waals surface area contributed by atoms with Crippen LogP contribution in [0, 0.1) is 0 Å². The van der Waals surface area contributed by atoms with Crippen LogP contribution in [0.25, 0.3) is 0 Å². The number of methoxy groups -OCH3 is 1. The number of ketones is 1. The molecule has 0 amide bonds. The summed E-state index contributed by atoms with van der Waals surface area (Å²) < 4.78 is 5.21. The lowest BCUT2D eigenvalue weighted by Gasteiger charge is -2.04. The molecule has 15 heavy (non-hydrogen) atoms. The van der Waals surface area contributed by atoms with E-state index in [0.717, 1.165) is 21.8 Å². The zero-order valence-electron chi connectivity index (χ0n) is 8.74. The lowest BCUT2D eigenvalue weighted by Crippen LogP contribution is -1.99. The number of hydrogen-bond acceptors (Lipinski definition) is 3. The van der Waals surface area contributed by atoms with Crippen molar-refractivity contribution in [2.45, 2.75) is 6.42 Å². The van der Waals surface area contributed by atoms with Crippen molar-refractivity contribution in [2.75, 3.05) is 13.4 Å². The quantitative estimate of drug-likeness (QED) is 0.566. The molecule has 2 rings (SSSR count). The van der Waals surface area contributed by atoms with Crippen molar-refractivity contribution in [3.63, 3.8) is 0 Å². The lowest BCUT2D eigenvalue weighted by atomic mass is 10.1. The maximum absolute atomic E-state index is 12.0. The van der Waals surface area contributed by atoms with E-state index in [1.165, 1.54) is 11.8 Å². The minimum atomic E-state index is 0.108. The third kappa shape index (κ3) is 1.67. The fraction of sp³-hybridized carbons (Fsp3) is 0.250. The number of Topliss-reactive ketones (excluding diaryl/α,β-unsaturated/α-hetero) is 1.